The summed E-state index contributed by atoms with van der Waals surface area (Å²) in [5.41, 5.74) is -0.211. The molecule has 1 aliphatic rings. The number of likely N-dealkylation sites (tertiary alicyclic amines) is 1. The molecule has 1 N–H and O–H groups in total. The van der Waals surface area contributed by atoms with E-state index < -0.39 is 5.41 Å². The number of hydrogen-bond acceptors (Lipinski definition) is 3. The minimum atomic E-state index is -0.525. The maximum atomic E-state index is 12.3. The van der Waals surface area contributed by atoms with Crippen LogP contribution in [0, 0.1) is 5.41 Å². The number of nitrogens with one attached hydrogen (secondary N) is 1. The maximum absolute atomic E-state index is 12.3. The lowest BCUT2D eigenvalue weighted by Crippen LogP contribution is -2.40. The Labute approximate surface area is 117 Å². The van der Waals surface area contributed by atoms with Crippen LogP contribution in [0.3, 0.4) is 0 Å². The van der Waals surface area contributed by atoms with Crippen LogP contribution in [0.5, 0.6) is 0 Å². The Balaban J connectivity index is 2.13. The Hall–Kier alpha value is -1.62. The molecule has 1 atom stereocenters. The van der Waals surface area contributed by atoms with E-state index in [-0.39, 0.29) is 11.8 Å². The molecule has 0 radical (unpaired) electrons. The molecule has 5 nitrogen and oxygen atoms in total. The summed E-state index contributed by atoms with van der Waals surface area (Å²) in [6.45, 7) is 2.82. The Morgan fingerprint density at radius 3 is 2.89 bits per heavy atom. The Bertz CT molecular complexity index is 520. The highest BCUT2D eigenvalue weighted by molar-refractivity contribution is 6.30. The molecule has 0 aromatic carbocycles. The molecule has 1 aromatic rings. The molecule has 1 aliphatic heterocycles. The number of halogens is 1. The van der Waals surface area contributed by atoms with E-state index in [4.69, 9.17) is 11.6 Å². The van der Waals surface area contributed by atoms with Crippen LogP contribution < -0.4 is 5.32 Å². The molecule has 0 aliphatic carbocycles. The van der Waals surface area contributed by atoms with Crippen molar-refractivity contribution in [2.75, 3.05) is 20.1 Å². The molecule has 2 rings (SSSR count). The zero-order valence-corrected chi connectivity index (χ0v) is 11.7. The van der Waals surface area contributed by atoms with Crippen LogP contribution in [0.25, 0.3) is 0 Å². The van der Waals surface area contributed by atoms with Crippen molar-refractivity contribution in [2.24, 2.45) is 5.41 Å². The van der Waals surface area contributed by atoms with E-state index >= 15 is 0 Å². The lowest BCUT2D eigenvalue weighted by atomic mass is 9.89. The number of aromatic nitrogens is 1. The first-order valence-corrected chi connectivity index (χ1v) is 6.47. The van der Waals surface area contributed by atoms with Crippen molar-refractivity contribution in [2.45, 2.75) is 13.3 Å². The first kappa shape index (κ1) is 13.8. The van der Waals surface area contributed by atoms with Gasteiger partial charge in [0.1, 0.15) is 5.69 Å². The van der Waals surface area contributed by atoms with Gasteiger partial charge in [-0.3, -0.25) is 14.6 Å². The fourth-order valence-electron chi connectivity index (χ4n) is 2.31. The molecule has 1 saturated heterocycles. The van der Waals surface area contributed by atoms with E-state index in [1.54, 1.807) is 24.1 Å². The molecular formula is C13H16ClN3O2. The number of nitrogens with zero attached hydrogens (tertiary/aromatic N) is 2. The Morgan fingerprint density at radius 1 is 1.53 bits per heavy atom. The smallest absolute Gasteiger partial charge is 0.272 e. The van der Waals surface area contributed by atoms with E-state index in [1.807, 2.05) is 6.92 Å². The normalized spacial score (nSPS) is 22.4. The average Bonchev–Trinajstić information content (AvgIpc) is 2.81. The molecule has 19 heavy (non-hydrogen) atoms. The molecule has 6 heteroatoms. The molecule has 2 amide bonds. The standard InChI is InChI=1S/C13H16ClN3O2/c1-13(12(19)15-2)4-6-17(8-13)11(18)10-7-9(14)3-5-16-10/h3,5,7H,4,6,8H2,1-2H3,(H,15,19). The van der Waals surface area contributed by atoms with Crippen LogP contribution in [-0.4, -0.2) is 41.8 Å². The zero-order valence-electron chi connectivity index (χ0n) is 10.9. The quantitative estimate of drug-likeness (QED) is 0.890. The van der Waals surface area contributed by atoms with Crippen molar-refractivity contribution >= 4 is 23.4 Å². The summed E-state index contributed by atoms with van der Waals surface area (Å²) in [7, 11) is 1.61. The number of amides is 2. The minimum absolute atomic E-state index is 0.0400. The van der Waals surface area contributed by atoms with Gasteiger partial charge in [0.05, 0.1) is 5.41 Å². The summed E-state index contributed by atoms with van der Waals surface area (Å²) in [4.78, 5) is 29.7. The van der Waals surface area contributed by atoms with Crippen molar-refractivity contribution in [3.63, 3.8) is 0 Å². The summed E-state index contributed by atoms with van der Waals surface area (Å²) in [5.74, 6) is -0.225. The second-order valence-corrected chi connectivity index (χ2v) is 5.41. The zero-order chi connectivity index (χ0) is 14.0. The van der Waals surface area contributed by atoms with Crippen LogP contribution in [0.4, 0.5) is 0 Å². The first-order chi connectivity index (χ1) is 8.96. The van der Waals surface area contributed by atoms with Crippen molar-refractivity contribution in [3.05, 3.63) is 29.0 Å². The second-order valence-electron chi connectivity index (χ2n) is 4.98. The van der Waals surface area contributed by atoms with Crippen LogP contribution in [-0.2, 0) is 4.79 Å². The molecule has 0 spiro atoms. The van der Waals surface area contributed by atoms with Gasteiger partial charge in [-0.25, -0.2) is 0 Å². The third-order valence-electron chi connectivity index (χ3n) is 3.48. The fourth-order valence-corrected chi connectivity index (χ4v) is 2.46. The van der Waals surface area contributed by atoms with E-state index in [2.05, 4.69) is 10.3 Å². The summed E-state index contributed by atoms with van der Waals surface area (Å²) in [6, 6.07) is 3.16. The van der Waals surface area contributed by atoms with Crippen LogP contribution in [0.15, 0.2) is 18.3 Å². The topological polar surface area (TPSA) is 62.3 Å². The summed E-state index contributed by atoms with van der Waals surface area (Å²) in [6.07, 6.45) is 2.16. The van der Waals surface area contributed by atoms with Crippen molar-refractivity contribution in [1.82, 2.24) is 15.2 Å². The summed E-state index contributed by atoms with van der Waals surface area (Å²) >= 11 is 5.85. The van der Waals surface area contributed by atoms with Gasteiger partial charge in [0.15, 0.2) is 0 Å². The lowest BCUT2D eigenvalue weighted by Gasteiger charge is -2.22. The third kappa shape index (κ3) is 2.71. The molecule has 0 saturated carbocycles. The van der Waals surface area contributed by atoms with Crippen LogP contribution in [0.1, 0.15) is 23.8 Å². The van der Waals surface area contributed by atoms with Gasteiger partial charge in [-0.05, 0) is 25.5 Å². The second kappa shape index (κ2) is 5.17. The molecule has 1 unspecified atom stereocenters. The highest BCUT2D eigenvalue weighted by Crippen LogP contribution is 2.30. The van der Waals surface area contributed by atoms with Gasteiger partial charge in [-0.15, -0.1) is 0 Å². The third-order valence-corrected chi connectivity index (χ3v) is 3.71. The average molecular weight is 282 g/mol. The SMILES string of the molecule is CNC(=O)C1(C)CCN(C(=O)c2cc(Cl)ccn2)C1. The van der Waals surface area contributed by atoms with Gasteiger partial charge in [0.25, 0.3) is 5.91 Å². The van der Waals surface area contributed by atoms with Crippen molar-refractivity contribution in [3.8, 4) is 0 Å². The first-order valence-electron chi connectivity index (χ1n) is 6.09. The number of carbonyl (C=O) groups excluding carboxylic acids is 2. The van der Waals surface area contributed by atoms with Gasteiger partial charge in [0, 0.05) is 31.4 Å². The molecule has 1 fully saturated rings. The number of hydrogen-bond donors (Lipinski definition) is 1. The Kier molecular flexibility index (Phi) is 3.75. The largest absolute Gasteiger partial charge is 0.359 e. The predicted octanol–water partition coefficient (Wildman–Crippen LogP) is 1.33. The minimum Gasteiger partial charge on any atom is -0.359 e. The molecule has 1 aromatic heterocycles. The Morgan fingerprint density at radius 2 is 2.26 bits per heavy atom. The number of pyridine rings is 1. The molecular weight excluding hydrogens is 266 g/mol. The molecule has 102 valence electrons. The van der Waals surface area contributed by atoms with E-state index in [9.17, 15) is 9.59 Å². The highest BCUT2D eigenvalue weighted by atomic mass is 35.5. The highest BCUT2D eigenvalue weighted by Gasteiger charge is 2.41. The molecule has 0 bridgehead atoms. The van der Waals surface area contributed by atoms with Gasteiger partial charge in [-0.2, -0.15) is 0 Å². The fraction of sp³-hybridized carbons (Fsp3) is 0.462. The van der Waals surface area contributed by atoms with Gasteiger partial charge in [0.2, 0.25) is 5.91 Å². The van der Waals surface area contributed by atoms with Gasteiger partial charge < -0.3 is 10.2 Å². The van der Waals surface area contributed by atoms with E-state index in [0.717, 1.165) is 0 Å². The van der Waals surface area contributed by atoms with E-state index in [0.29, 0.717) is 30.2 Å². The van der Waals surface area contributed by atoms with Crippen LogP contribution >= 0.6 is 11.6 Å². The summed E-state index contributed by atoms with van der Waals surface area (Å²) in [5, 5.41) is 3.12. The number of rotatable bonds is 2. The van der Waals surface area contributed by atoms with Gasteiger partial charge in [-0.1, -0.05) is 11.6 Å². The lowest BCUT2D eigenvalue weighted by molar-refractivity contribution is -0.128. The predicted molar refractivity (Wildman–Crippen MR) is 71.9 cm³/mol. The molecule has 2 heterocycles. The van der Waals surface area contributed by atoms with Crippen LogP contribution in [0.2, 0.25) is 5.02 Å². The van der Waals surface area contributed by atoms with E-state index in [1.165, 1.54) is 6.20 Å². The maximum Gasteiger partial charge on any atom is 0.272 e. The number of carbonyl (C=O) groups is 2. The van der Waals surface area contributed by atoms with Gasteiger partial charge >= 0.3 is 0 Å². The van der Waals surface area contributed by atoms with Crippen molar-refractivity contribution < 1.29 is 9.59 Å². The van der Waals surface area contributed by atoms with Crippen molar-refractivity contribution in [1.29, 1.82) is 0 Å². The monoisotopic (exact) mass is 281 g/mol. The summed E-state index contributed by atoms with van der Waals surface area (Å²) < 4.78 is 0.